The molecule has 0 radical (unpaired) electrons. The summed E-state index contributed by atoms with van der Waals surface area (Å²) in [6.45, 7) is 12.3. The smallest absolute Gasteiger partial charge is 0.319 e. The average Bonchev–Trinajstić information content (AvgIpc) is 2.89. The van der Waals surface area contributed by atoms with E-state index in [4.69, 9.17) is 4.74 Å². The molecule has 4 amide bonds. The van der Waals surface area contributed by atoms with Gasteiger partial charge < -0.3 is 25.6 Å². The molecule has 0 aliphatic carbocycles. The third kappa shape index (κ3) is 9.63. The Morgan fingerprint density at radius 2 is 1.74 bits per heavy atom. The van der Waals surface area contributed by atoms with Crippen LogP contribution in [0.4, 0.5) is 14.9 Å². The lowest BCUT2D eigenvalue weighted by Crippen LogP contribution is -2.48. The summed E-state index contributed by atoms with van der Waals surface area (Å²) in [5.74, 6) is -1.02. The molecule has 1 saturated heterocycles. The van der Waals surface area contributed by atoms with Crippen molar-refractivity contribution in [2.75, 3.05) is 51.3 Å². The molecular weight excluding hydrogens is 501 g/mol. The van der Waals surface area contributed by atoms with E-state index in [2.05, 4.69) is 20.9 Å². The second-order valence-corrected chi connectivity index (χ2v) is 10.6. The van der Waals surface area contributed by atoms with Gasteiger partial charge in [0.05, 0.1) is 5.69 Å². The molecule has 1 fully saturated rings. The number of carbonyl (C=O) groups excluding carboxylic acids is 3. The first-order valence-corrected chi connectivity index (χ1v) is 13.4. The normalized spacial score (nSPS) is 14.1. The van der Waals surface area contributed by atoms with Gasteiger partial charge >= 0.3 is 6.03 Å². The lowest BCUT2D eigenvalue weighted by molar-refractivity contribution is 0.0627. The molecule has 3 N–H and O–H groups in total. The van der Waals surface area contributed by atoms with Gasteiger partial charge in [0.2, 0.25) is 0 Å². The predicted octanol–water partition coefficient (Wildman–Crippen LogP) is 3.86. The molecule has 0 spiro atoms. The summed E-state index contributed by atoms with van der Waals surface area (Å²) < 4.78 is 19.9. The minimum absolute atomic E-state index is 0.0112. The molecule has 2 aromatic rings. The number of halogens is 1. The van der Waals surface area contributed by atoms with Crippen LogP contribution >= 0.6 is 0 Å². The molecule has 1 aliphatic heterocycles. The van der Waals surface area contributed by atoms with Crippen molar-refractivity contribution in [3.63, 3.8) is 0 Å². The fourth-order valence-electron chi connectivity index (χ4n) is 4.21. The van der Waals surface area contributed by atoms with Crippen molar-refractivity contribution < 1.29 is 23.5 Å². The Labute approximate surface area is 230 Å². The number of piperazine rings is 1. The number of carbonyl (C=O) groups is 3. The molecule has 39 heavy (non-hydrogen) atoms. The molecule has 212 valence electrons. The second-order valence-electron chi connectivity index (χ2n) is 10.6. The summed E-state index contributed by atoms with van der Waals surface area (Å²) in [6, 6.07) is 11.2. The molecule has 10 heteroatoms. The van der Waals surface area contributed by atoms with Crippen molar-refractivity contribution in [1.29, 1.82) is 0 Å². The number of benzene rings is 2. The van der Waals surface area contributed by atoms with E-state index in [-0.39, 0.29) is 28.6 Å². The quantitative estimate of drug-likeness (QED) is 0.397. The lowest BCUT2D eigenvalue weighted by atomic mass is 10.1. The molecule has 0 saturated carbocycles. The van der Waals surface area contributed by atoms with Gasteiger partial charge in [0.15, 0.2) is 0 Å². The summed E-state index contributed by atoms with van der Waals surface area (Å²) in [5.41, 5.74) is 1.59. The topological polar surface area (TPSA) is 103 Å². The number of nitrogens with one attached hydrogen (secondary N) is 3. The Bertz CT molecular complexity index is 1140. The van der Waals surface area contributed by atoms with E-state index in [1.807, 2.05) is 45.9 Å². The molecule has 3 rings (SSSR count). The van der Waals surface area contributed by atoms with Gasteiger partial charge in [-0.05, 0) is 70.0 Å². The van der Waals surface area contributed by atoms with Gasteiger partial charge in [-0.2, -0.15) is 0 Å². The molecule has 2 aromatic carbocycles. The first kappa shape index (κ1) is 30.0. The fourth-order valence-corrected chi connectivity index (χ4v) is 4.21. The van der Waals surface area contributed by atoms with Crippen molar-refractivity contribution in [2.24, 2.45) is 0 Å². The molecule has 1 aliphatic rings. The Balaban J connectivity index is 1.49. The summed E-state index contributed by atoms with van der Waals surface area (Å²) in [4.78, 5) is 41.4. The van der Waals surface area contributed by atoms with Crippen molar-refractivity contribution >= 4 is 23.5 Å². The molecule has 0 unspecified atom stereocenters. The Morgan fingerprint density at radius 3 is 2.41 bits per heavy atom. The van der Waals surface area contributed by atoms with Crippen LogP contribution in [0.5, 0.6) is 0 Å². The third-order valence-electron chi connectivity index (χ3n) is 6.16. The standard InChI is InChI=1S/C29H40FN5O4/c1-5-39-17-7-12-31-28(38)32-25-11-10-23(19-24(25)30)27(37)35-15-13-34(14-16-35)20-21-8-6-9-22(18-21)26(36)33-29(2,3)4/h6,8-11,18-19H,5,7,12-17,20H2,1-4H3,(H,33,36)(H2,31,32,38). The Kier molecular flexibility index (Phi) is 10.8. The Morgan fingerprint density at radius 1 is 1.00 bits per heavy atom. The van der Waals surface area contributed by atoms with E-state index in [1.165, 1.54) is 12.1 Å². The number of amides is 4. The zero-order chi connectivity index (χ0) is 28.4. The zero-order valence-electron chi connectivity index (χ0n) is 23.3. The highest BCUT2D eigenvalue weighted by atomic mass is 19.1. The number of nitrogens with zero attached hydrogens (tertiary/aromatic N) is 2. The van der Waals surface area contributed by atoms with Crippen LogP contribution in [0.3, 0.4) is 0 Å². The maximum Gasteiger partial charge on any atom is 0.319 e. The third-order valence-corrected chi connectivity index (χ3v) is 6.16. The van der Waals surface area contributed by atoms with Crippen LogP contribution in [0.25, 0.3) is 0 Å². The number of rotatable bonds is 10. The molecular formula is C29H40FN5O4. The predicted molar refractivity (Wildman–Crippen MR) is 149 cm³/mol. The van der Waals surface area contributed by atoms with Gasteiger partial charge in [-0.15, -0.1) is 0 Å². The molecule has 0 bridgehead atoms. The van der Waals surface area contributed by atoms with Crippen LogP contribution in [0.1, 0.15) is 60.4 Å². The Hall–Kier alpha value is -3.50. The van der Waals surface area contributed by atoms with Gasteiger partial charge in [0.1, 0.15) is 5.82 Å². The maximum absolute atomic E-state index is 14.6. The van der Waals surface area contributed by atoms with Crippen LogP contribution in [0, 0.1) is 5.82 Å². The first-order valence-electron chi connectivity index (χ1n) is 13.4. The van der Waals surface area contributed by atoms with Crippen LogP contribution in [0.15, 0.2) is 42.5 Å². The summed E-state index contributed by atoms with van der Waals surface area (Å²) in [6.07, 6.45) is 0.658. The highest BCUT2D eigenvalue weighted by Crippen LogP contribution is 2.19. The highest BCUT2D eigenvalue weighted by molar-refractivity contribution is 5.96. The number of urea groups is 1. The van der Waals surface area contributed by atoms with E-state index in [0.29, 0.717) is 64.5 Å². The minimum atomic E-state index is -0.667. The maximum atomic E-state index is 14.6. The van der Waals surface area contributed by atoms with Crippen LogP contribution in [-0.4, -0.2) is 79.1 Å². The number of ether oxygens (including phenoxy) is 1. The number of hydrogen-bond acceptors (Lipinski definition) is 5. The number of hydrogen-bond donors (Lipinski definition) is 3. The van der Waals surface area contributed by atoms with E-state index in [0.717, 1.165) is 11.6 Å². The van der Waals surface area contributed by atoms with Gasteiger partial charge in [-0.1, -0.05) is 12.1 Å². The van der Waals surface area contributed by atoms with Gasteiger partial charge in [-0.3, -0.25) is 14.5 Å². The SMILES string of the molecule is CCOCCCNC(=O)Nc1ccc(C(=O)N2CCN(Cc3cccc(C(=O)NC(C)(C)C)c3)CC2)cc1F. The van der Waals surface area contributed by atoms with Crippen molar-refractivity contribution in [2.45, 2.75) is 46.2 Å². The fraction of sp³-hybridized carbons (Fsp3) is 0.483. The molecule has 0 atom stereocenters. The van der Waals surface area contributed by atoms with Crippen molar-refractivity contribution in [1.82, 2.24) is 20.4 Å². The first-order chi connectivity index (χ1) is 18.6. The molecule has 9 nitrogen and oxygen atoms in total. The highest BCUT2D eigenvalue weighted by Gasteiger charge is 2.23. The summed E-state index contributed by atoms with van der Waals surface area (Å²) >= 11 is 0. The van der Waals surface area contributed by atoms with Crippen LogP contribution < -0.4 is 16.0 Å². The van der Waals surface area contributed by atoms with Crippen LogP contribution in [-0.2, 0) is 11.3 Å². The van der Waals surface area contributed by atoms with Gasteiger partial charge in [0.25, 0.3) is 11.8 Å². The second kappa shape index (κ2) is 14.0. The van der Waals surface area contributed by atoms with Gasteiger partial charge in [-0.25, -0.2) is 9.18 Å². The van der Waals surface area contributed by atoms with E-state index in [9.17, 15) is 18.8 Å². The van der Waals surface area contributed by atoms with E-state index >= 15 is 0 Å². The average molecular weight is 542 g/mol. The summed E-state index contributed by atoms with van der Waals surface area (Å²) in [5, 5.41) is 8.10. The zero-order valence-corrected chi connectivity index (χ0v) is 23.3. The monoisotopic (exact) mass is 541 g/mol. The van der Waals surface area contributed by atoms with E-state index in [1.54, 1.807) is 11.0 Å². The van der Waals surface area contributed by atoms with Crippen molar-refractivity contribution in [3.05, 3.63) is 65.0 Å². The van der Waals surface area contributed by atoms with Gasteiger partial charge in [0, 0.05) is 69.1 Å². The molecule has 1 heterocycles. The van der Waals surface area contributed by atoms with Crippen molar-refractivity contribution in [3.8, 4) is 0 Å². The largest absolute Gasteiger partial charge is 0.382 e. The lowest BCUT2D eigenvalue weighted by Gasteiger charge is -2.35. The summed E-state index contributed by atoms with van der Waals surface area (Å²) in [7, 11) is 0. The number of anilines is 1. The molecule has 0 aromatic heterocycles. The van der Waals surface area contributed by atoms with Crippen LogP contribution in [0.2, 0.25) is 0 Å². The van der Waals surface area contributed by atoms with E-state index < -0.39 is 11.8 Å². The minimum Gasteiger partial charge on any atom is -0.382 e.